The van der Waals surface area contributed by atoms with Crippen LogP contribution in [0.3, 0.4) is 0 Å². The zero-order valence-electron chi connectivity index (χ0n) is 7.51. The molecule has 0 spiro atoms. The summed E-state index contributed by atoms with van der Waals surface area (Å²) >= 11 is 0. The molecule has 1 rings (SSSR count). The Morgan fingerprint density at radius 2 is 1.69 bits per heavy atom. The van der Waals surface area contributed by atoms with Crippen molar-refractivity contribution in [3.05, 3.63) is 29.8 Å². The fraction of sp³-hybridized carbons (Fsp3) is 0.250. The van der Waals surface area contributed by atoms with Gasteiger partial charge in [0.15, 0.2) is 0 Å². The van der Waals surface area contributed by atoms with Gasteiger partial charge < -0.3 is 9.79 Å². The number of rotatable bonds is 2. The van der Waals surface area contributed by atoms with Crippen LogP contribution >= 0.6 is 7.75 Å². The highest BCUT2D eigenvalue weighted by Crippen LogP contribution is 2.41. The van der Waals surface area contributed by atoms with E-state index in [0.29, 0.717) is 5.69 Å². The van der Waals surface area contributed by atoms with E-state index in [1.165, 1.54) is 7.05 Å². The predicted molar refractivity (Wildman–Crippen MR) is 51.6 cm³/mol. The molecule has 1 aromatic carbocycles. The van der Waals surface area contributed by atoms with Gasteiger partial charge in [-0.15, -0.1) is 0 Å². The average molecular weight is 201 g/mol. The van der Waals surface area contributed by atoms with Gasteiger partial charge in [-0.2, -0.15) is 0 Å². The molecule has 0 aromatic heterocycles. The number of aryl methyl sites for hydroxylation is 1. The second-order valence-electron chi connectivity index (χ2n) is 2.87. The summed E-state index contributed by atoms with van der Waals surface area (Å²) in [5.74, 6) is 0. The normalized spacial score (nSPS) is 11.4. The van der Waals surface area contributed by atoms with Crippen LogP contribution in [0.2, 0.25) is 0 Å². The predicted octanol–water partition coefficient (Wildman–Crippen LogP) is 1.52. The molecule has 0 heterocycles. The Hall–Kier alpha value is -0.830. The van der Waals surface area contributed by atoms with Crippen molar-refractivity contribution in [2.75, 3.05) is 11.7 Å². The molecule has 0 aliphatic carbocycles. The van der Waals surface area contributed by atoms with Crippen LogP contribution in [0.5, 0.6) is 0 Å². The first-order chi connectivity index (χ1) is 5.91. The van der Waals surface area contributed by atoms with Crippen molar-refractivity contribution >= 4 is 13.4 Å². The average Bonchev–Trinajstić information content (AvgIpc) is 2.03. The molecule has 0 saturated heterocycles. The van der Waals surface area contributed by atoms with Crippen LogP contribution in [0.25, 0.3) is 0 Å². The number of nitrogens with zero attached hydrogens (tertiary/aromatic N) is 1. The Kier molecular flexibility index (Phi) is 2.76. The molecule has 4 nitrogen and oxygen atoms in total. The van der Waals surface area contributed by atoms with Crippen LogP contribution in [0, 0.1) is 6.92 Å². The molecule has 0 radical (unpaired) electrons. The van der Waals surface area contributed by atoms with Crippen molar-refractivity contribution in [3.63, 3.8) is 0 Å². The van der Waals surface area contributed by atoms with E-state index in [9.17, 15) is 4.57 Å². The van der Waals surface area contributed by atoms with Gasteiger partial charge in [0, 0.05) is 12.7 Å². The zero-order valence-corrected chi connectivity index (χ0v) is 8.40. The fourth-order valence-corrected chi connectivity index (χ4v) is 1.35. The third-order valence-electron chi connectivity index (χ3n) is 1.80. The van der Waals surface area contributed by atoms with Gasteiger partial charge in [0.25, 0.3) is 0 Å². The maximum absolute atomic E-state index is 10.8. The molecular weight excluding hydrogens is 189 g/mol. The molecule has 2 N–H and O–H groups in total. The minimum atomic E-state index is -4.16. The molecular formula is C8H12NO3P. The maximum Gasteiger partial charge on any atom is 0.429 e. The van der Waals surface area contributed by atoms with Gasteiger partial charge in [-0.25, -0.2) is 4.57 Å². The van der Waals surface area contributed by atoms with Crippen LogP contribution < -0.4 is 4.67 Å². The molecule has 0 aliphatic rings. The standard InChI is InChI=1S/C8H12NO3P/c1-7-3-5-8(6-4-7)9(2)13(10,11)12/h3-6H,1-2H3,(H2,10,11,12). The first-order valence-corrected chi connectivity index (χ1v) is 5.34. The molecule has 0 saturated carbocycles. The molecule has 13 heavy (non-hydrogen) atoms. The first kappa shape index (κ1) is 10.3. The van der Waals surface area contributed by atoms with E-state index in [4.69, 9.17) is 9.79 Å². The molecule has 0 amide bonds. The fourth-order valence-electron chi connectivity index (χ4n) is 0.911. The topological polar surface area (TPSA) is 60.8 Å². The molecule has 0 fully saturated rings. The first-order valence-electron chi connectivity index (χ1n) is 3.77. The number of hydrogen-bond acceptors (Lipinski definition) is 1. The molecule has 72 valence electrons. The summed E-state index contributed by atoms with van der Waals surface area (Å²) in [6, 6.07) is 6.96. The van der Waals surface area contributed by atoms with Crippen molar-refractivity contribution in [1.82, 2.24) is 0 Å². The van der Waals surface area contributed by atoms with Gasteiger partial charge in [-0.1, -0.05) is 17.7 Å². The van der Waals surface area contributed by atoms with Crippen molar-refractivity contribution in [3.8, 4) is 0 Å². The lowest BCUT2D eigenvalue weighted by molar-refractivity contribution is 0.371. The SMILES string of the molecule is Cc1ccc(N(C)P(=O)(O)O)cc1. The van der Waals surface area contributed by atoms with Crippen LogP contribution in [0.1, 0.15) is 5.56 Å². The quantitative estimate of drug-likeness (QED) is 0.712. The largest absolute Gasteiger partial charge is 0.429 e. The van der Waals surface area contributed by atoms with E-state index < -0.39 is 7.75 Å². The van der Waals surface area contributed by atoms with Gasteiger partial charge in [0.1, 0.15) is 0 Å². The van der Waals surface area contributed by atoms with E-state index in [-0.39, 0.29) is 0 Å². The summed E-state index contributed by atoms with van der Waals surface area (Å²) in [6.45, 7) is 1.92. The van der Waals surface area contributed by atoms with Crippen molar-refractivity contribution in [2.24, 2.45) is 0 Å². The second-order valence-corrected chi connectivity index (χ2v) is 4.50. The summed E-state index contributed by atoms with van der Waals surface area (Å²) in [5, 5.41) is 0. The van der Waals surface area contributed by atoms with Crippen molar-refractivity contribution in [1.29, 1.82) is 0 Å². The van der Waals surface area contributed by atoms with E-state index in [1.54, 1.807) is 12.1 Å². The Bertz CT molecular complexity index is 330. The smallest absolute Gasteiger partial charge is 0.308 e. The van der Waals surface area contributed by atoms with Crippen molar-refractivity contribution < 1.29 is 14.4 Å². The molecule has 0 atom stereocenters. The van der Waals surface area contributed by atoms with Crippen molar-refractivity contribution in [2.45, 2.75) is 6.92 Å². The van der Waals surface area contributed by atoms with E-state index in [2.05, 4.69) is 0 Å². The highest BCUT2D eigenvalue weighted by Gasteiger charge is 2.20. The van der Waals surface area contributed by atoms with Crippen LogP contribution in [-0.4, -0.2) is 16.8 Å². The highest BCUT2D eigenvalue weighted by molar-refractivity contribution is 7.53. The van der Waals surface area contributed by atoms with Gasteiger partial charge in [0.2, 0.25) is 0 Å². The van der Waals surface area contributed by atoms with Gasteiger partial charge in [0.05, 0.1) is 0 Å². The minimum absolute atomic E-state index is 0.513. The Balaban J connectivity index is 2.97. The highest BCUT2D eigenvalue weighted by atomic mass is 31.2. The lowest BCUT2D eigenvalue weighted by Gasteiger charge is -2.19. The molecule has 0 bridgehead atoms. The van der Waals surface area contributed by atoms with E-state index in [0.717, 1.165) is 10.2 Å². The van der Waals surface area contributed by atoms with Gasteiger partial charge >= 0.3 is 7.75 Å². The minimum Gasteiger partial charge on any atom is -0.308 e. The molecule has 0 unspecified atom stereocenters. The summed E-state index contributed by atoms with van der Waals surface area (Å²) in [7, 11) is -2.79. The van der Waals surface area contributed by atoms with Gasteiger partial charge in [-0.3, -0.25) is 4.67 Å². The Labute approximate surface area is 77.0 Å². The van der Waals surface area contributed by atoms with E-state index >= 15 is 0 Å². The maximum atomic E-state index is 10.8. The van der Waals surface area contributed by atoms with Crippen LogP contribution in [0.4, 0.5) is 5.69 Å². The third kappa shape index (κ3) is 2.56. The molecule has 0 aliphatic heterocycles. The van der Waals surface area contributed by atoms with Gasteiger partial charge in [-0.05, 0) is 19.1 Å². The Morgan fingerprint density at radius 3 is 2.08 bits per heavy atom. The zero-order chi connectivity index (χ0) is 10.1. The summed E-state index contributed by atoms with van der Waals surface area (Å²) < 4.78 is 11.8. The lowest BCUT2D eigenvalue weighted by Crippen LogP contribution is -2.12. The van der Waals surface area contributed by atoms with Crippen LogP contribution in [0.15, 0.2) is 24.3 Å². The van der Waals surface area contributed by atoms with E-state index in [1.807, 2.05) is 19.1 Å². The summed E-state index contributed by atoms with van der Waals surface area (Å²) in [5.41, 5.74) is 1.57. The number of hydrogen-bond donors (Lipinski definition) is 2. The van der Waals surface area contributed by atoms with Crippen LogP contribution in [-0.2, 0) is 4.57 Å². The number of anilines is 1. The third-order valence-corrected chi connectivity index (χ3v) is 2.81. The molecule has 5 heteroatoms. The molecule has 1 aromatic rings. The summed E-state index contributed by atoms with van der Waals surface area (Å²) in [4.78, 5) is 17.7. The summed E-state index contributed by atoms with van der Waals surface area (Å²) in [6.07, 6.45) is 0. The second kappa shape index (κ2) is 3.50. The number of benzene rings is 1. The monoisotopic (exact) mass is 201 g/mol. The Morgan fingerprint density at radius 1 is 1.23 bits per heavy atom. The lowest BCUT2D eigenvalue weighted by atomic mass is 10.2.